The van der Waals surface area contributed by atoms with Crippen LogP contribution in [0.5, 0.6) is 5.75 Å². The molecule has 0 saturated heterocycles. The van der Waals surface area contributed by atoms with E-state index in [2.05, 4.69) is 5.32 Å². The van der Waals surface area contributed by atoms with Crippen LogP contribution in [0.3, 0.4) is 0 Å². The van der Waals surface area contributed by atoms with Crippen molar-refractivity contribution < 1.29 is 9.13 Å². The molecular weight excluding hydrogens is 255 g/mol. The fourth-order valence-corrected chi connectivity index (χ4v) is 1.93. The SMILES string of the molecule is CNCc1ccccc1OCc1cc(F)ccc1C#N. The van der Waals surface area contributed by atoms with Gasteiger partial charge in [-0.1, -0.05) is 18.2 Å². The molecule has 0 aromatic heterocycles. The first-order valence-corrected chi connectivity index (χ1v) is 6.28. The lowest BCUT2D eigenvalue weighted by atomic mass is 10.1. The second-order valence-corrected chi connectivity index (χ2v) is 4.34. The molecule has 0 unspecified atom stereocenters. The molecule has 0 aliphatic heterocycles. The average Bonchev–Trinajstić information content (AvgIpc) is 2.47. The third-order valence-corrected chi connectivity index (χ3v) is 2.91. The molecule has 0 aliphatic rings. The Kier molecular flexibility index (Phi) is 4.70. The first kappa shape index (κ1) is 14.0. The quantitative estimate of drug-likeness (QED) is 0.908. The number of hydrogen-bond acceptors (Lipinski definition) is 3. The van der Waals surface area contributed by atoms with Crippen LogP contribution < -0.4 is 10.1 Å². The minimum absolute atomic E-state index is 0.168. The van der Waals surface area contributed by atoms with E-state index in [1.807, 2.05) is 37.4 Å². The predicted octanol–water partition coefficient (Wildman–Crippen LogP) is 3.00. The summed E-state index contributed by atoms with van der Waals surface area (Å²) in [4.78, 5) is 0. The number of nitrogens with one attached hydrogen (secondary N) is 1. The van der Waals surface area contributed by atoms with Crippen LogP contribution in [-0.2, 0) is 13.2 Å². The maximum absolute atomic E-state index is 13.2. The van der Waals surface area contributed by atoms with Gasteiger partial charge in [0.15, 0.2) is 0 Å². The van der Waals surface area contributed by atoms with Crippen LogP contribution in [0.15, 0.2) is 42.5 Å². The van der Waals surface area contributed by atoms with Crippen LogP contribution in [0.25, 0.3) is 0 Å². The Bertz CT molecular complexity index is 635. The number of halogens is 1. The second-order valence-electron chi connectivity index (χ2n) is 4.34. The maximum atomic E-state index is 13.2. The Hall–Kier alpha value is -2.38. The molecular formula is C16H15FN2O. The van der Waals surface area contributed by atoms with Crippen LogP contribution in [0.4, 0.5) is 4.39 Å². The van der Waals surface area contributed by atoms with Crippen LogP contribution in [0.1, 0.15) is 16.7 Å². The first-order valence-electron chi connectivity index (χ1n) is 6.28. The van der Waals surface area contributed by atoms with Crippen molar-refractivity contribution in [1.82, 2.24) is 5.32 Å². The zero-order chi connectivity index (χ0) is 14.4. The van der Waals surface area contributed by atoms with Gasteiger partial charge in [-0.25, -0.2) is 4.39 Å². The van der Waals surface area contributed by atoms with E-state index < -0.39 is 0 Å². The van der Waals surface area contributed by atoms with Crippen molar-refractivity contribution in [3.63, 3.8) is 0 Å². The summed E-state index contributed by atoms with van der Waals surface area (Å²) in [5, 5.41) is 12.1. The lowest BCUT2D eigenvalue weighted by molar-refractivity contribution is 0.301. The molecule has 102 valence electrons. The van der Waals surface area contributed by atoms with E-state index in [1.54, 1.807) is 0 Å². The monoisotopic (exact) mass is 270 g/mol. The molecule has 20 heavy (non-hydrogen) atoms. The third kappa shape index (κ3) is 3.34. The number of hydrogen-bond donors (Lipinski definition) is 1. The van der Waals surface area contributed by atoms with E-state index in [1.165, 1.54) is 18.2 Å². The summed E-state index contributed by atoms with van der Waals surface area (Å²) >= 11 is 0. The summed E-state index contributed by atoms with van der Waals surface area (Å²) in [7, 11) is 1.86. The zero-order valence-corrected chi connectivity index (χ0v) is 11.2. The molecule has 2 aromatic carbocycles. The molecule has 3 nitrogen and oxygen atoms in total. The largest absolute Gasteiger partial charge is 0.489 e. The minimum Gasteiger partial charge on any atom is -0.489 e. The summed E-state index contributed by atoms with van der Waals surface area (Å²) in [6.45, 7) is 0.853. The average molecular weight is 270 g/mol. The first-order chi connectivity index (χ1) is 9.74. The highest BCUT2D eigenvalue weighted by atomic mass is 19.1. The van der Waals surface area contributed by atoms with E-state index in [0.29, 0.717) is 17.7 Å². The van der Waals surface area contributed by atoms with Gasteiger partial charge in [0.2, 0.25) is 0 Å². The van der Waals surface area contributed by atoms with Crippen molar-refractivity contribution in [3.05, 3.63) is 65.0 Å². The van der Waals surface area contributed by atoms with Gasteiger partial charge in [-0.05, 0) is 31.3 Å². The summed E-state index contributed by atoms with van der Waals surface area (Å²) in [5.41, 5.74) is 1.99. The highest BCUT2D eigenvalue weighted by Crippen LogP contribution is 2.20. The fourth-order valence-electron chi connectivity index (χ4n) is 1.93. The Morgan fingerprint density at radius 1 is 1.20 bits per heavy atom. The van der Waals surface area contributed by atoms with Gasteiger partial charge >= 0.3 is 0 Å². The zero-order valence-electron chi connectivity index (χ0n) is 11.2. The van der Waals surface area contributed by atoms with Gasteiger partial charge in [-0.15, -0.1) is 0 Å². The van der Waals surface area contributed by atoms with Crippen LogP contribution in [-0.4, -0.2) is 7.05 Å². The molecule has 0 fully saturated rings. The number of nitrogens with zero attached hydrogens (tertiary/aromatic N) is 1. The lowest BCUT2D eigenvalue weighted by Crippen LogP contribution is -2.08. The van der Waals surface area contributed by atoms with Crippen LogP contribution in [0, 0.1) is 17.1 Å². The lowest BCUT2D eigenvalue weighted by Gasteiger charge is -2.12. The summed E-state index contributed by atoms with van der Waals surface area (Å²) in [6.07, 6.45) is 0. The number of ether oxygens (including phenoxy) is 1. The highest BCUT2D eigenvalue weighted by Gasteiger charge is 2.07. The Labute approximate surface area is 117 Å². The molecule has 0 aliphatic carbocycles. The molecule has 0 radical (unpaired) electrons. The molecule has 1 N–H and O–H groups in total. The Balaban J connectivity index is 2.17. The molecule has 0 saturated carbocycles. The van der Waals surface area contributed by atoms with Gasteiger partial charge in [0, 0.05) is 17.7 Å². The fraction of sp³-hybridized carbons (Fsp3) is 0.188. The van der Waals surface area contributed by atoms with Crippen LogP contribution in [0.2, 0.25) is 0 Å². The molecule has 0 amide bonds. The minimum atomic E-state index is -0.369. The van der Waals surface area contributed by atoms with Crippen LogP contribution >= 0.6 is 0 Å². The van der Waals surface area contributed by atoms with Crippen molar-refractivity contribution >= 4 is 0 Å². The topological polar surface area (TPSA) is 45.0 Å². The van der Waals surface area contributed by atoms with Gasteiger partial charge < -0.3 is 10.1 Å². The van der Waals surface area contributed by atoms with Crippen molar-refractivity contribution in [2.45, 2.75) is 13.2 Å². The highest BCUT2D eigenvalue weighted by molar-refractivity contribution is 5.38. The molecule has 2 rings (SSSR count). The van der Waals surface area contributed by atoms with Crippen molar-refractivity contribution in [3.8, 4) is 11.8 Å². The molecule has 0 spiro atoms. The van der Waals surface area contributed by atoms with Gasteiger partial charge in [0.05, 0.1) is 11.6 Å². The number of para-hydroxylation sites is 1. The molecule has 2 aromatic rings. The van der Waals surface area contributed by atoms with Gasteiger partial charge in [0.1, 0.15) is 18.2 Å². The van der Waals surface area contributed by atoms with Crippen molar-refractivity contribution in [2.75, 3.05) is 7.05 Å². The smallest absolute Gasteiger partial charge is 0.124 e. The Morgan fingerprint density at radius 3 is 2.75 bits per heavy atom. The van der Waals surface area contributed by atoms with Crippen molar-refractivity contribution in [1.29, 1.82) is 5.26 Å². The predicted molar refractivity (Wildman–Crippen MR) is 74.7 cm³/mol. The normalized spacial score (nSPS) is 10.1. The van der Waals surface area contributed by atoms with E-state index >= 15 is 0 Å². The summed E-state index contributed by atoms with van der Waals surface area (Å²) in [5.74, 6) is 0.362. The van der Waals surface area contributed by atoms with Crippen molar-refractivity contribution in [2.24, 2.45) is 0 Å². The Morgan fingerprint density at radius 2 is 2.00 bits per heavy atom. The van der Waals surface area contributed by atoms with Gasteiger partial charge in [-0.2, -0.15) is 5.26 Å². The summed E-state index contributed by atoms with van der Waals surface area (Å²) < 4.78 is 18.9. The maximum Gasteiger partial charge on any atom is 0.124 e. The number of benzene rings is 2. The number of nitriles is 1. The molecule has 0 heterocycles. The van der Waals surface area contributed by atoms with E-state index in [0.717, 1.165) is 11.3 Å². The third-order valence-electron chi connectivity index (χ3n) is 2.91. The molecule has 4 heteroatoms. The van der Waals surface area contributed by atoms with Gasteiger partial charge in [-0.3, -0.25) is 0 Å². The standard InChI is InChI=1S/C16H15FN2O/c1-19-10-13-4-2-3-5-16(13)20-11-14-8-15(17)7-6-12(14)9-18/h2-8,19H,10-11H2,1H3. The van der Waals surface area contributed by atoms with E-state index in [4.69, 9.17) is 10.00 Å². The summed E-state index contributed by atoms with van der Waals surface area (Å²) in [6, 6.07) is 13.7. The second kappa shape index (κ2) is 6.69. The van der Waals surface area contributed by atoms with Gasteiger partial charge in [0.25, 0.3) is 0 Å². The molecule has 0 bridgehead atoms. The van der Waals surface area contributed by atoms with E-state index in [9.17, 15) is 4.39 Å². The van der Waals surface area contributed by atoms with E-state index in [-0.39, 0.29) is 12.4 Å². The number of rotatable bonds is 5. The molecule has 0 atom stereocenters.